The Bertz CT molecular complexity index is 289. The average molecular weight is 328 g/mol. The summed E-state index contributed by atoms with van der Waals surface area (Å²) in [5, 5.41) is 8.93. The number of hydrogen-bond acceptors (Lipinski definition) is 4. The Kier molecular flexibility index (Phi) is 16.8. The summed E-state index contributed by atoms with van der Waals surface area (Å²) in [5.74, 6) is -0.126. The van der Waals surface area contributed by atoms with Crippen LogP contribution in [-0.2, 0) is 14.4 Å². The fraction of sp³-hybridized carbons (Fsp3) is 0.842. The summed E-state index contributed by atoms with van der Waals surface area (Å²) in [6, 6.07) is 0. The summed E-state index contributed by atoms with van der Waals surface area (Å²) in [4.78, 5) is 15.5. The van der Waals surface area contributed by atoms with Gasteiger partial charge in [0, 0.05) is 6.42 Å². The van der Waals surface area contributed by atoms with Crippen LogP contribution in [0.25, 0.3) is 0 Å². The number of ether oxygens (including phenoxy) is 1. The smallest absolute Gasteiger partial charge is 0.305 e. The lowest BCUT2D eigenvalue weighted by atomic mass is 10.1. The molecule has 0 saturated heterocycles. The second-order valence-corrected chi connectivity index (χ2v) is 6.16. The van der Waals surface area contributed by atoms with Crippen LogP contribution >= 0.6 is 0 Å². The zero-order valence-electron chi connectivity index (χ0n) is 15.1. The van der Waals surface area contributed by atoms with Crippen LogP contribution in [0.1, 0.15) is 90.4 Å². The first-order valence-electron chi connectivity index (χ1n) is 9.28. The normalized spacial score (nSPS) is 12.7. The predicted octanol–water partition coefficient (Wildman–Crippen LogP) is 5.67. The zero-order chi connectivity index (χ0) is 17.2. The maximum atomic E-state index is 11.0. The van der Waals surface area contributed by atoms with Crippen molar-refractivity contribution in [1.29, 1.82) is 0 Å². The molecule has 1 unspecified atom stereocenters. The molecular formula is C19H36O4. The van der Waals surface area contributed by atoms with E-state index in [9.17, 15) is 4.79 Å². The third kappa shape index (κ3) is 15.8. The van der Waals surface area contributed by atoms with E-state index in [1.54, 1.807) is 0 Å². The lowest BCUT2D eigenvalue weighted by Crippen LogP contribution is -2.06. The van der Waals surface area contributed by atoms with Crippen molar-refractivity contribution in [3.05, 3.63) is 12.2 Å². The van der Waals surface area contributed by atoms with E-state index in [1.165, 1.54) is 39.2 Å². The van der Waals surface area contributed by atoms with E-state index in [0.717, 1.165) is 44.9 Å². The molecule has 0 heterocycles. The zero-order valence-corrected chi connectivity index (χ0v) is 15.1. The molecule has 0 aliphatic carbocycles. The Morgan fingerprint density at radius 1 is 1.00 bits per heavy atom. The van der Waals surface area contributed by atoms with E-state index in [1.807, 2.05) is 6.08 Å². The van der Waals surface area contributed by atoms with E-state index in [4.69, 9.17) is 5.26 Å². The number of methoxy groups -OCH3 is 1. The average Bonchev–Trinajstić information content (AvgIpc) is 2.57. The molecule has 0 saturated carbocycles. The van der Waals surface area contributed by atoms with Crippen LogP contribution in [0, 0.1) is 0 Å². The number of unbranched alkanes of at least 4 members (excludes halogenated alkanes) is 9. The summed E-state index contributed by atoms with van der Waals surface area (Å²) in [6.07, 6.45) is 18.0. The summed E-state index contributed by atoms with van der Waals surface area (Å²) < 4.78 is 4.61. The summed E-state index contributed by atoms with van der Waals surface area (Å²) in [5.41, 5.74) is 0. The summed E-state index contributed by atoms with van der Waals surface area (Å²) in [6.45, 7) is 2.22. The molecule has 23 heavy (non-hydrogen) atoms. The molecule has 0 aromatic carbocycles. The van der Waals surface area contributed by atoms with Gasteiger partial charge in [0.05, 0.1) is 7.11 Å². The minimum absolute atomic E-state index is 0.126. The molecule has 1 atom stereocenters. The van der Waals surface area contributed by atoms with Gasteiger partial charge in [-0.3, -0.25) is 10.1 Å². The van der Waals surface area contributed by atoms with Crippen molar-refractivity contribution in [1.82, 2.24) is 0 Å². The third-order valence-electron chi connectivity index (χ3n) is 4.06. The molecule has 0 aliphatic rings. The lowest BCUT2D eigenvalue weighted by Gasteiger charge is -2.08. The van der Waals surface area contributed by atoms with Crippen molar-refractivity contribution < 1.29 is 19.7 Å². The van der Waals surface area contributed by atoms with Crippen LogP contribution in [0.4, 0.5) is 0 Å². The highest BCUT2D eigenvalue weighted by Crippen LogP contribution is 2.12. The Hall–Kier alpha value is -0.870. The van der Waals surface area contributed by atoms with Crippen LogP contribution in [0.3, 0.4) is 0 Å². The first-order valence-corrected chi connectivity index (χ1v) is 9.28. The van der Waals surface area contributed by atoms with E-state index in [2.05, 4.69) is 22.6 Å². The van der Waals surface area contributed by atoms with Crippen molar-refractivity contribution in [2.45, 2.75) is 96.5 Å². The first-order chi connectivity index (χ1) is 11.2. The SMILES string of the molecule is CCCCCCC/C=C\C(CCCCCCCC(=O)OC)OO. The van der Waals surface area contributed by atoms with E-state index in [0.29, 0.717) is 6.42 Å². The van der Waals surface area contributed by atoms with E-state index < -0.39 is 0 Å². The van der Waals surface area contributed by atoms with Gasteiger partial charge in [0.15, 0.2) is 0 Å². The van der Waals surface area contributed by atoms with E-state index >= 15 is 0 Å². The van der Waals surface area contributed by atoms with Crippen LogP contribution in [0.2, 0.25) is 0 Å². The van der Waals surface area contributed by atoms with Crippen molar-refractivity contribution >= 4 is 5.97 Å². The molecule has 4 nitrogen and oxygen atoms in total. The van der Waals surface area contributed by atoms with Gasteiger partial charge in [0.1, 0.15) is 6.10 Å². The fourth-order valence-corrected chi connectivity index (χ4v) is 2.55. The van der Waals surface area contributed by atoms with Gasteiger partial charge in [-0.1, -0.05) is 70.4 Å². The van der Waals surface area contributed by atoms with Crippen LogP contribution < -0.4 is 0 Å². The number of rotatable bonds is 16. The quantitative estimate of drug-likeness (QED) is 0.130. The molecule has 1 N–H and O–H groups in total. The standard InChI is InChI=1S/C19H36O4/c1-3-4-5-6-7-9-12-15-18(23-21)16-13-10-8-11-14-17-19(20)22-2/h12,15,18,21H,3-11,13-14,16-17H2,1-2H3/b15-12-. The van der Waals surface area contributed by atoms with Crippen molar-refractivity contribution in [3.63, 3.8) is 0 Å². The van der Waals surface area contributed by atoms with Crippen LogP contribution in [0.15, 0.2) is 12.2 Å². The maximum Gasteiger partial charge on any atom is 0.305 e. The van der Waals surface area contributed by atoms with Gasteiger partial charge in [-0.15, -0.1) is 0 Å². The molecule has 0 aromatic rings. The monoisotopic (exact) mass is 328 g/mol. The molecule has 0 spiro atoms. The van der Waals surface area contributed by atoms with Crippen molar-refractivity contribution in [2.75, 3.05) is 7.11 Å². The third-order valence-corrected chi connectivity index (χ3v) is 4.06. The molecule has 0 amide bonds. The number of carbonyl (C=O) groups excluding carboxylic acids is 1. The molecule has 4 heteroatoms. The van der Waals surface area contributed by atoms with Gasteiger partial charge < -0.3 is 4.74 Å². The molecule has 0 radical (unpaired) electrons. The minimum atomic E-state index is -0.180. The van der Waals surface area contributed by atoms with Gasteiger partial charge in [0.2, 0.25) is 0 Å². The topological polar surface area (TPSA) is 55.8 Å². The fourth-order valence-electron chi connectivity index (χ4n) is 2.55. The molecule has 0 rings (SSSR count). The number of esters is 1. The molecule has 0 aromatic heterocycles. The highest BCUT2D eigenvalue weighted by atomic mass is 17.1. The minimum Gasteiger partial charge on any atom is -0.469 e. The number of allylic oxidation sites excluding steroid dienone is 1. The van der Waals surface area contributed by atoms with Gasteiger partial charge >= 0.3 is 5.97 Å². The van der Waals surface area contributed by atoms with Crippen LogP contribution in [0.5, 0.6) is 0 Å². The van der Waals surface area contributed by atoms with Gasteiger partial charge in [0.25, 0.3) is 0 Å². The molecule has 0 bridgehead atoms. The van der Waals surface area contributed by atoms with Crippen molar-refractivity contribution in [2.24, 2.45) is 0 Å². The summed E-state index contributed by atoms with van der Waals surface area (Å²) >= 11 is 0. The molecule has 0 fully saturated rings. The predicted molar refractivity (Wildman–Crippen MR) is 94.4 cm³/mol. The van der Waals surface area contributed by atoms with Crippen LogP contribution in [-0.4, -0.2) is 24.4 Å². The Labute approximate surface area is 142 Å². The largest absolute Gasteiger partial charge is 0.469 e. The highest BCUT2D eigenvalue weighted by Gasteiger charge is 2.04. The highest BCUT2D eigenvalue weighted by molar-refractivity contribution is 5.68. The second-order valence-electron chi connectivity index (χ2n) is 6.16. The lowest BCUT2D eigenvalue weighted by molar-refractivity contribution is -0.267. The second kappa shape index (κ2) is 17.5. The first kappa shape index (κ1) is 22.1. The number of carbonyl (C=O) groups is 1. The van der Waals surface area contributed by atoms with Gasteiger partial charge in [-0.05, 0) is 25.7 Å². The van der Waals surface area contributed by atoms with Gasteiger partial charge in [-0.2, -0.15) is 0 Å². The molecule has 0 aliphatic heterocycles. The maximum absolute atomic E-state index is 11.0. The molecular weight excluding hydrogens is 292 g/mol. The van der Waals surface area contributed by atoms with Crippen molar-refractivity contribution in [3.8, 4) is 0 Å². The Morgan fingerprint density at radius 3 is 2.35 bits per heavy atom. The van der Waals surface area contributed by atoms with E-state index in [-0.39, 0.29) is 12.1 Å². The van der Waals surface area contributed by atoms with Gasteiger partial charge in [-0.25, -0.2) is 4.89 Å². The number of hydrogen-bond donors (Lipinski definition) is 1. The summed E-state index contributed by atoms with van der Waals surface area (Å²) in [7, 11) is 1.43. The molecule has 136 valence electrons. The Morgan fingerprint density at radius 2 is 1.65 bits per heavy atom. The Balaban J connectivity index is 3.49.